The van der Waals surface area contributed by atoms with Gasteiger partial charge in [-0.3, -0.25) is 0 Å². The predicted molar refractivity (Wildman–Crippen MR) is 60.3 cm³/mol. The van der Waals surface area contributed by atoms with Crippen LogP contribution in [0.5, 0.6) is 0 Å². The molecular formula is C10H14N4O2. The summed E-state index contributed by atoms with van der Waals surface area (Å²) in [7, 11) is 0. The van der Waals surface area contributed by atoms with E-state index in [1.165, 1.54) is 4.90 Å². The molecule has 1 fully saturated rings. The van der Waals surface area contributed by atoms with Gasteiger partial charge in [-0.25, -0.2) is 9.78 Å². The zero-order chi connectivity index (χ0) is 11.5. The van der Waals surface area contributed by atoms with Gasteiger partial charge in [0.05, 0.1) is 5.69 Å². The van der Waals surface area contributed by atoms with E-state index >= 15 is 0 Å². The number of rotatable bonds is 2. The second-order valence-corrected chi connectivity index (χ2v) is 3.80. The SMILES string of the molecule is Nc1cccnc1N[C@H]1CCN(C(=O)O)C1. The zero-order valence-corrected chi connectivity index (χ0v) is 8.76. The number of nitrogens with zero attached hydrogens (tertiary/aromatic N) is 2. The van der Waals surface area contributed by atoms with Crippen LogP contribution in [0.15, 0.2) is 18.3 Å². The van der Waals surface area contributed by atoms with Gasteiger partial charge in [0, 0.05) is 25.3 Å². The predicted octanol–water partition coefficient (Wildman–Crippen LogP) is 0.828. The number of aromatic nitrogens is 1. The maximum Gasteiger partial charge on any atom is 0.407 e. The topological polar surface area (TPSA) is 91.5 Å². The van der Waals surface area contributed by atoms with E-state index in [0.717, 1.165) is 6.42 Å². The summed E-state index contributed by atoms with van der Waals surface area (Å²) in [5, 5.41) is 12.0. The third kappa shape index (κ3) is 2.16. The second-order valence-electron chi connectivity index (χ2n) is 3.80. The molecular weight excluding hydrogens is 208 g/mol. The van der Waals surface area contributed by atoms with Crippen molar-refractivity contribution in [1.29, 1.82) is 0 Å². The molecule has 6 heteroatoms. The number of anilines is 2. The summed E-state index contributed by atoms with van der Waals surface area (Å²) in [6.45, 7) is 1.03. The Hall–Kier alpha value is -1.98. The minimum atomic E-state index is -0.877. The monoisotopic (exact) mass is 222 g/mol. The molecule has 0 aliphatic carbocycles. The van der Waals surface area contributed by atoms with Gasteiger partial charge in [0.25, 0.3) is 0 Å². The van der Waals surface area contributed by atoms with Gasteiger partial charge in [-0.2, -0.15) is 0 Å². The molecule has 1 aromatic rings. The molecule has 6 nitrogen and oxygen atoms in total. The Kier molecular flexibility index (Phi) is 2.80. The molecule has 0 aromatic carbocycles. The molecule has 1 atom stereocenters. The van der Waals surface area contributed by atoms with Crippen LogP contribution in [-0.4, -0.2) is 40.2 Å². The highest BCUT2D eigenvalue weighted by molar-refractivity contribution is 5.66. The number of carboxylic acid groups (broad SMARTS) is 1. The lowest BCUT2D eigenvalue weighted by Gasteiger charge is -2.15. The molecule has 1 saturated heterocycles. The summed E-state index contributed by atoms with van der Waals surface area (Å²) in [5.74, 6) is 0.625. The van der Waals surface area contributed by atoms with Crippen LogP contribution in [0.25, 0.3) is 0 Å². The van der Waals surface area contributed by atoms with Crippen LogP contribution in [0, 0.1) is 0 Å². The van der Waals surface area contributed by atoms with Gasteiger partial charge in [-0.15, -0.1) is 0 Å². The van der Waals surface area contributed by atoms with E-state index in [0.29, 0.717) is 24.6 Å². The number of hydrogen-bond acceptors (Lipinski definition) is 4. The average molecular weight is 222 g/mol. The third-order valence-corrected chi connectivity index (χ3v) is 2.64. The molecule has 0 bridgehead atoms. The van der Waals surface area contributed by atoms with E-state index in [1.807, 2.05) is 0 Å². The summed E-state index contributed by atoms with van der Waals surface area (Å²) >= 11 is 0. The molecule has 4 N–H and O–H groups in total. The van der Waals surface area contributed by atoms with Crippen molar-refractivity contribution in [3.8, 4) is 0 Å². The Labute approximate surface area is 93.1 Å². The highest BCUT2D eigenvalue weighted by Crippen LogP contribution is 2.18. The first-order chi connectivity index (χ1) is 7.66. The van der Waals surface area contributed by atoms with Crippen LogP contribution in [0.2, 0.25) is 0 Å². The number of nitrogen functional groups attached to an aromatic ring is 1. The fourth-order valence-corrected chi connectivity index (χ4v) is 1.78. The molecule has 86 valence electrons. The van der Waals surface area contributed by atoms with Crippen LogP contribution in [-0.2, 0) is 0 Å². The molecule has 0 radical (unpaired) electrons. The Bertz CT molecular complexity index is 396. The summed E-state index contributed by atoms with van der Waals surface area (Å²) < 4.78 is 0. The van der Waals surface area contributed by atoms with Crippen molar-refractivity contribution < 1.29 is 9.90 Å². The van der Waals surface area contributed by atoms with Crippen LogP contribution in [0.1, 0.15) is 6.42 Å². The lowest BCUT2D eigenvalue weighted by molar-refractivity contribution is 0.155. The molecule has 1 aromatic heterocycles. The number of nitrogens with two attached hydrogens (primary N) is 1. The average Bonchev–Trinajstić information content (AvgIpc) is 2.70. The lowest BCUT2D eigenvalue weighted by atomic mass is 10.2. The Morgan fingerprint density at radius 2 is 2.50 bits per heavy atom. The highest BCUT2D eigenvalue weighted by Gasteiger charge is 2.26. The lowest BCUT2D eigenvalue weighted by Crippen LogP contribution is -2.30. The van der Waals surface area contributed by atoms with Gasteiger partial charge >= 0.3 is 6.09 Å². The van der Waals surface area contributed by atoms with Crippen LogP contribution in [0.4, 0.5) is 16.3 Å². The van der Waals surface area contributed by atoms with Crippen LogP contribution >= 0.6 is 0 Å². The number of carbonyl (C=O) groups is 1. The standard InChI is InChI=1S/C10H14N4O2/c11-8-2-1-4-12-9(8)13-7-3-5-14(6-7)10(15)16/h1-2,4,7H,3,5-6,11H2,(H,12,13)(H,15,16)/t7-/m0/s1. The van der Waals surface area contributed by atoms with Crippen LogP contribution in [0.3, 0.4) is 0 Å². The minimum Gasteiger partial charge on any atom is -0.465 e. The first kappa shape index (κ1) is 10.5. The number of nitrogens with one attached hydrogen (secondary N) is 1. The number of likely N-dealkylation sites (tertiary alicyclic amines) is 1. The van der Waals surface area contributed by atoms with Crippen molar-refractivity contribution in [1.82, 2.24) is 9.88 Å². The third-order valence-electron chi connectivity index (χ3n) is 2.64. The van der Waals surface area contributed by atoms with E-state index in [-0.39, 0.29) is 6.04 Å². The number of amides is 1. The molecule has 0 saturated carbocycles. The molecule has 0 spiro atoms. The number of hydrogen-bond donors (Lipinski definition) is 3. The molecule has 0 unspecified atom stereocenters. The molecule has 2 heterocycles. The van der Waals surface area contributed by atoms with Crippen molar-refractivity contribution in [3.05, 3.63) is 18.3 Å². The Balaban J connectivity index is 1.97. The Morgan fingerprint density at radius 3 is 3.12 bits per heavy atom. The first-order valence-electron chi connectivity index (χ1n) is 5.11. The first-order valence-corrected chi connectivity index (χ1v) is 5.11. The largest absolute Gasteiger partial charge is 0.465 e. The fourth-order valence-electron chi connectivity index (χ4n) is 1.78. The van der Waals surface area contributed by atoms with E-state index in [9.17, 15) is 4.79 Å². The summed E-state index contributed by atoms with van der Waals surface area (Å²) in [6, 6.07) is 3.62. The van der Waals surface area contributed by atoms with E-state index < -0.39 is 6.09 Å². The number of pyridine rings is 1. The molecule has 1 aliphatic rings. The minimum absolute atomic E-state index is 0.0910. The smallest absolute Gasteiger partial charge is 0.407 e. The summed E-state index contributed by atoms with van der Waals surface area (Å²) in [4.78, 5) is 16.2. The Morgan fingerprint density at radius 1 is 1.69 bits per heavy atom. The van der Waals surface area contributed by atoms with Crippen molar-refractivity contribution in [2.24, 2.45) is 0 Å². The van der Waals surface area contributed by atoms with Gasteiger partial charge in [0.2, 0.25) is 0 Å². The summed E-state index contributed by atoms with van der Waals surface area (Å²) in [5.41, 5.74) is 6.32. The van der Waals surface area contributed by atoms with Crippen LogP contribution < -0.4 is 11.1 Å². The van der Waals surface area contributed by atoms with Crippen molar-refractivity contribution in [2.75, 3.05) is 24.1 Å². The van der Waals surface area contributed by atoms with Gasteiger partial charge in [0.1, 0.15) is 5.82 Å². The van der Waals surface area contributed by atoms with E-state index in [2.05, 4.69) is 10.3 Å². The van der Waals surface area contributed by atoms with Gasteiger partial charge in [-0.05, 0) is 18.6 Å². The van der Waals surface area contributed by atoms with Gasteiger partial charge in [0.15, 0.2) is 0 Å². The molecule has 1 aliphatic heterocycles. The van der Waals surface area contributed by atoms with E-state index in [1.54, 1.807) is 18.3 Å². The zero-order valence-electron chi connectivity index (χ0n) is 8.76. The fraction of sp³-hybridized carbons (Fsp3) is 0.400. The maximum atomic E-state index is 10.7. The van der Waals surface area contributed by atoms with Gasteiger partial charge in [-0.1, -0.05) is 0 Å². The molecule has 16 heavy (non-hydrogen) atoms. The van der Waals surface area contributed by atoms with Crippen molar-refractivity contribution in [3.63, 3.8) is 0 Å². The summed E-state index contributed by atoms with van der Waals surface area (Å²) in [6.07, 6.45) is 1.56. The van der Waals surface area contributed by atoms with Crippen molar-refractivity contribution in [2.45, 2.75) is 12.5 Å². The normalized spacial score (nSPS) is 19.8. The van der Waals surface area contributed by atoms with Crippen molar-refractivity contribution >= 4 is 17.6 Å². The van der Waals surface area contributed by atoms with E-state index in [4.69, 9.17) is 10.8 Å². The second kappa shape index (κ2) is 4.26. The molecule has 2 rings (SSSR count). The van der Waals surface area contributed by atoms with Gasteiger partial charge < -0.3 is 21.1 Å². The molecule has 1 amide bonds. The highest BCUT2D eigenvalue weighted by atomic mass is 16.4. The quantitative estimate of drug-likeness (QED) is 0.689. The maximum absolute atomic E-state index is 10.7.